The number of esters is 1. The Bertz CT molecular complexity index is 1610. The lowest BCUT2D eigenvalue weighted by Gasteiger charge is -2.06. The minimum Gasteiger partial charge on any atom is -0.469 e. The summed E-state index contributed by atoms with van der Waals surface area (Å²) in [6.45, 7) is 5.80. The Morgan fingerprint density at radius 1 is 0.868 bits per heavy atom. The number of carbonyl (C=O) groups is 4. The molecule has 0 saturated carbocycles. The molecule has 0 spiro atoms. The predicted octanol–water partition coefficient (Wildman–Crippen LogP) is 5.41. The number of aryl methyl sites for hydroxylation is 2. The SMILES string of the molecule is CCn1c2ccc(C(=O)C(CCC(=O)OC)=NOC(C)=O)cc2c2cc(C(=O)c3ccccc3C)ccc21. The molecule has 0 saturated heterocycles. The Labute approximate surface area is 219 Å². The van der Waals surface area contributed by atoms with Crippen molar-refractivity contribution in [1.82, 2.24) is 4.57 Å². The van der Waals surface area contributed by atoms with Gasteiger partial charge < -0.3 is 14.1 Å². The number of hydrogen-bond acceptors (Lipinski definition) is 7. The summed E-state index contributed by atoms with van der Waals surface area (Å²) in [6, 6.07) is 18.3. The molecular weight excluding hydrogens is 484 g/mol. The molecule has 0 atom stereocenters. The summed E-state index contributed by atoms with van der Waals surface area (Å²) in [5.41, 5.74) is 4.18. The van der Waals surface area contributed by atoms with Crippen LogP contribution >= 0.6 is 0 Å². The van der Waals surface area contributed by atoms with E-state index in [1.807, 2.05) is 62.4 Å². The lowest BCUT2D eigenvalue weighted by Crippen LogP contribution is -2.17. The second kappa shape index (κ2) is 11.2. The highest BCUT2D eigenvalue weighted by atomic mass is 16.7. The number of ketones is 2. The first-order chi connectivity index (χ1) is 18.2. The Morgan fingerprint density at radius 3 is 2.11 bits per heavy atom. The Balaban J connectivity index is 1.81. The van der Waals surface area contributed by atoms with E-state index in [2.05, 4.69) is 14.5 Å². The molecule has 0 N–H and O–H groups in total. The van der Waals surface area contributed by atoms with Crippen LogP contribution in [0.15, 0.2) is 65.8 Å². The molecule has 1 aromatic heterocycles. The van der Waals surface area contributed by atoms with Crippen LogP contribution in [0.3, 0.4) is 0 Å². The summed E-state index contributed by atoms with van der Waals surface area (Å²) >= 11 is 0. The molecule has 8 heteroatoms. The smallest absolute Gasteiger partial charge is 0.331 e. The molecule has 0 bridgehead atoms. The fourth-order valence-electron chi connectivity index (χ4n) is 4.52. The topological polar surface area (TPSA) is 104 Å². The number of nitrogens with zero attached hydrogens (tertiary/aromatic N) is 2. The van der Waals surface area contributed by atoms with Crippen molar-refractivity contribution in [1.29, 1.82) is 0 Å². The van der Waals surface area contributed by atoms with Gasteiger partial charge in [-0.05, 0) is 55.8 Å². The zero-order chi connectivity index (χ0) is 27.4. The number of carbonyl (C=O) groups excluding carboxylic acids is 4. The minimum absolute atomic E-state index is 0.0530. The van der Waals surface area contributed by atoms with Crippen molar-refractivity contribution >= 4 is 51.0 Å². The molecule has 0 fully saturated rings. The summed E-state index contributed by atoms with van der Waals surface area (Å²) in [6.07, 6.45) is -0.146. The van der Waals surface area contributed by atoms with Gasteiger partial charge in [0.15, 0.2) is 5.78 Å². The van der Waals surface area contributed by atoms with Gasteiger partial charge in [-0.1, -0.05) is 29.4 Å². The van der Waals surface area contributed by atoms with Gasteiger partial charge in [-0.25, -0.2) is 4.79 Å². The van der Waals surface area contributed by atoms with E-state index in [4.69, 9.17) is 4.84 Å². The maximum absolute atomic E-state index is 13.4. The van der Waals surface area contributed by atoms with E-state index in [1.54, 1.807) is 12.1 Å². The van der Waals surface area contributed by atoms with Gasteiger partial charge >= 0.3 is 11.9 Å². The van der Waals surface area contributed by atoms with Crippen LogP contribution in [0.4, 0.5) is 0 Å². The maximum atomic E-state index is 13.4. The maximum Gasteiger partial charge on any atom is 0.331 e. The average Bonchev–Trinajstić information content (AvgIpc) is 3.24. The summed E-state index contributed by atoms with van der Waals surface area (Å²) in [5.74, 6) is -1.74. The number of hydrogen-bond donors (Lipinski definition) is 0. The van der Waals surface area contributed by atoms with Crippen molar-refractivity contribution in [2.24, 2.45) is 5.16 Å². The third-order valence-corrected chi connectivity index (χ3v) is 6.44. The molecule has 1 heterocycles. The summed E-state index contributed by atoms with van der Waals surface area (Å²) in [4.78, 5) is 54.4. The Hall–Kier alpha value is -4.59. The van der Waals surface area contributed by atoms with Crippen LogP contribution in [-0.2, 0) is 25.7 Å². The number of ether oxygens (including phenoxy) is 1. The summed E-state index contributed by atoms with van der Waals surface area (Å²) in [7, 11) is 1.25. The van der Waals surface area contributed by atoms with Gasteiger partial charge in [0.2, 0.25) is 5.78 Å². The van der Waals surface area contributed by atoms with E-state index in [0.29, 0.717) is 23.2 Å². The normalized spacial score (nSPS) is 11.5. The lowest BCUT2D eigenvalue weighted by molar-refractivity contribution is -0.141. The summed E-state index contributed by atoms with van der Waals surface area (Å²) in [5, 5.41) is 5.34. The van der Waals surface area contributed by atoms with Crippen LogP contribution in [0.1, 0.15) is 58.5 Å². The molecule has 0 aliphatic carbocycles. The zero-order valence-corrected chi connectivity index (χ0v) is 21.7. The molecule has 0 aliphatic heterocycles. The van der Waals surface area contributed by atoms with Crippen molar-refractivity contribution in [2.75, 3.05) is 7.11 Å². The number of aromatic nitrogens is 1. The van der Waals surface area contributed by atoms with Gasteiger partial charge in [-0.15, -0.1) is 0 Å². The van der Waals surface area contributed by atoms with E-state index < -0.39 is 17.7 Å². The quantitative estimate of drug-likeness (QED) is 0.0977. The average molecular weight is 513 g/mol. The number of methoxy groups -OCH3 is 1. The van der Waals surface area contributed by atoms with Crippen molar-refractivity contribution < 1.29 is 28.8 Å². The minimum atomic E-state index is -0.680. The largest absolute Gasteiger partial charge is 0.469 e. The number of benzene rings is 3. The molecule has 4 rings (SSSR count). The molecule has 0 radical (unpaired) electrons. The molecule has 4 aromatic rings. The second-order valence-electron chi connectivity index (χ2n) is 8.88. The predicted molar refractivity (Wildman–Crippen MR) is 145 cm³/mol. The van der Waals surface area contributed by atoms with Crippen LogP contribution in [0.5, 0.6) is 0 Å². The van der Waals surface area contributed by atoms with Crippen molar-refractivity contribution in [3.8, 4) is 0 Å². The van der Waals surface area contributed by atoms with Gasteiger partial charge in [-0.2, -0.15) is 0 Å². The van der Waals surface area contributed by atoms with E-state index in [0.717, 1.165) is 27.4 Å². The van der Waals surface area contributed by atoms with E-state index >= 15 is 0 Å². The number of rotatable bonds is 9. The first kappa shape index (κ1) is 26.5. The van der Waals surface area contributed by atoms with Gasteiger partial charge in [0, 0.05) is 58.4 Å². The third-order valence-electron chi connectivity index (χ3n) is 6.44. The summed E-state index contributed by atoms with van der Waals surface area (Å²) < 4.78 is 6.78. The fourth-order valence-corrected chi connectivity index (χ4v) is 4.52. The number of oxime groups is 1. The first-order valence-electron chi connectivity index (χ1n) is 12.3. The van der Waals surface area contributed by atoms with E-state index in [-0.39, 0.29) is 24.3 Å². The van der Waals surface area contributed by atoms with Crippen molar-refractivity contribution in [2.45, 2.75) is 40.2 Å². The van der Waals surface area contributed by atoms with Crippen LogP contribution in [-0.4, -0.2) is 40.9 Å². The van der Waals surface area contributed by atoms with Crippen molar-refractivity contribution in [3.63, 3.8) is 0 Å². The Kier molecular flexibility index (Phi) is 7.81. The molecule has 194 valence electrons. The van der Waals surface area contributed by atoms with Gasteiger partial charge in [-0.3, -0.25) is 14.4 Å². The molecule has 8 nitrogen and oxygen atoms in total. The highest BCUT2D eigenvalue weighted by molar-refractivity contribution is 6.46. The van der Waals surface area contributed by atoms with E-state index in [9.17, 15) is 19.2 Å². The molecule has 0 amide bonds. The van der Waals surface area contributed by atoms with Crippen molar-refractivity contribution in [3.05, 3.63) is 82.9 Å². The fraction of sp³-hybridized carbons (Fsp3) is 0.233. The van der Waals surface area contributed by atoms with E-state index in [1.165, 1.54) is 14.0 Å². The highest BCUT2D eigenvalue weighted by Gasteiger charge is 2.21. The first-order valence-corrected chi connectivity index (χ1v) is 12.3. The van der Waals surface area contributed by atoms with Crippen LogP contribution in [0, 0.1) is 6.92 Å². The lowest BCUT2D eigenvalue weighted by atomic mass is 9.97. The van der Waals surface area contributed by atoms with Crippen LogP contribution in [0.25, 0.3) is 21.8 Å². The second-order valence-corrected chi connectivity index (χ2v) is 8.88. The van der Waals surface area contributed by atoms with Crippen LogP contribution in [0.2, 0.25) is 0 Å². The number of fused-ring (bicyclic) bond motifs is 3. The molecule has 3 aromatic carbocycles. The molecular formula is C30H28N2O6. The monoisotopic (exact) mass is 512 g/mol. The zero-order valence-electron chi connectivity index (χ0n) is 21.7. The van der Waals surface area contributed by atoms with Crippen LogP contribution < -0.4 is 0 Å². The molecule has 38 heavy (non-hydrogen) atoms. The Morgan fingerprint density at radius 2 is 1.50 bits per heavy atom. The van der Waals surface area contributed by atoms with Gasteiger partial charge in [0.05, 0.1) is 13.5 Å². The molecule has 0 aliphatic rings. The molecule has 0 unspecified atom stereocenters. The highest BCUT2D eigenvalue weighted by Crippen LogP contribution is 2.32. The standard InChI is InChI=1S/C30H28N2O6/c1-5-32-26-13-10-20(29(35)22-9-7-6-8-18(22)2)16-23(26)24-17-21(11-14-27(24)32)30(36)25(31-38-19(3)33)12-15-28(34)37-4/h6-11,13-14,16-17H,5,12,15H2,1-4H3. The third kappa shape index (κ3) is 5.25. The van der Waals surface area contributed by atoms with Gasteiger partial charge in [0.1, 0.15) is 5.71 Å². The number of Topliss-reactive ketones (excluding diaryl/α,β-unsaturated/α-hetero) is 1. The van der Waals surface area contributed by atoms with Gasteiger partial charge in [0.25, 0.3) is 0 Å².